The van der Waals surface area contributed by atoms with Crippen LogP contribution in [0.1, 0.15) is 35.9 Å². The first-order valence-corrected chi connectivity index (χ1v) is 9.79. The first-order chi connectivity index (χ1) is 11.5. The van der Waals surface area contributed by atoms with Gasteiger partial charge in [-0.2, -0.15) is 0 Å². The Bertz CT molecular complexity index is 842. The van der Waals surface area contributed by atoms with Crippen molar-refractivity contribution in [3.63, 3.8) is 0 Å². The van der Waals surface area contributed by atoms with Crippen LogP contribution in [0.15, 0.2) is 41.6 Å². The summed E-state index contributed by atoms with van der Waals surface area (Å²) in [7, 11) is -3.44. The fourth-order valence-electron chi connectivity index (χ4n) is 3.05. The van der Waals surface area contributed by atoms with Gasteiger partial charge >= 0.3 is 0 Å². The van der Waals surface area contributed by atoms with Crippen LogP contribution in [0.4, 0.5) is 0 Å². The molecule has 1 aromatic carbocycles. The number of imidazole rings is 1. The highest BCUT2D eigenvalue weighted by atomic mass is 32.2. The summed E-state index contributed by atoms with van der Waals surface area (Å²) in [5.41, 5.74) is 0.224. The lowest BCUT2D eigenvalue weighted by molar-refractivity contribution is 0.0924. The van der Waals surface area contributed by atoms with Gasteiger partial charge in [-0.1, -0.05) is 19.1 Å². The molecule has 0 aliphatic carbocycles. The van der Waals surface area contributed by atoms with Gasteiger partial charge < -0.3 is 9.88 Å². The van der Waals surface area contributed by atoms with Gasteiger partial charge in [-0.25, -0.2) is 13.4 Å². The topological polar surface area (TPSA) is 81.1 Å². The largest absolute Gasteiger partial charge is 0.347 e. The average Bonchev–Trinajstić information content (AvgIpc) is 3.02. The predicted molar refractivity (Wildman–Crippen MR) is 90.6 cm³/mol. The van der Waals surface area contributed by atoms with E-state index in [0.29, 0.717) is 13.0 Å². The summed E-state index contributed by atoms with van der Waals surface area (Å²) >= 11 is 0. The molecule has 1 aromatic heterocycles. The highest BCUT2D eigenvalue weighted by Crippen LogP contribution is 2.19. The molecule has 24 heavy (non-hydrogen) atoms. The zero-order valence-corrected chi connectivity index (χ0v) is 14.4. The number of hydrogen-bond donors (Lipinski definition) is 1. The fourth-order valence-corrected chi connectivity index (χ4v) is 4.59. The number of carbonyl (C=O) groups is 1. The van der Waals surface area contributed by atoms with Crippen molar-refractivity contribution >= 4 is 15.7 Å². The van der Waals surface area contributed by atoms with Crippen molar-refractivity contribution in [2.45, 2.75) is 43.7 Å². The second kappa shape index (κ2) is 6.76. The zero-order valence-electron chi connectivity index (χ0n) is 13.6. The molecule has 2 aromatic rings. The number of fused-ring (bicyclic) bond motifs is 1. The summed E-state index contributed by atoms with van der Waals surface area (Å²) in [5, 5.41) is 2.97. The molecule has 0 spiro atoms. The van der Waals surface area contributed by atoms with Crippen molar-refractivity contribution in [1.29, 1.82) is 0 Å². The standard InChI is InChI=1S/C17H21N3O3S/c1-2-11-24(22,23)15-6-4-3-5-14(15)17(21)19-13-7-8-16-18-9-10-20(16)12-13/h3-6,9-10,13H,2,7-8,11-12H2,1H3,(H,19,21). The molecule has 0 radical (unpaired) electrons. The number of benzene rings is 1. The lowest BCUT2D eigenvalue weighted by Crippen LogP contribution is -2.41. The first kappa shape index (κ1) is 16.7. The number of carbonyl (C=O) groups excluding carboxylic acids is 1. The number of rotatable bonds is 5. The third-order valence-corrected chi connectivity index (χ3v) is 6.18. The lowest BCUT2D eigenvalue weighted by Gasteiger charge is -2.25. The molecule has 0 saturated carbocycles. The van der Waals surface area contributed by atoms with E-state index in [4.69, 9.17) is 0 Å². The zero-order chi connectivity index (χ0) is 17.2. The van der Waals surface area contributed by atoms with Gasteiger partial charge in [0.25, 0.3) is 5.91 Å². The first-order valence-electron chi connectivity index (χ1n) is 8.14. The van der Waals surface area contributed by atoms with Gasteiger partial charge in [-0.15, -0.1) is 0 Å². The Morgan fingerprint density at radius 1 is 1.38 bits per heavy atom. The van der Waals surface area contributed by atoms with Crippen LogP contribution in [-0.4, -0.2) is 35.7 Å². The molecule has 7 heteroatoms. The van der Waals surface area contributed by atoms with Crippen LogP contribution in [0.25, 0.3) is 0 Å². The Hall–Kier alpha value is -2.15. The minimum atomic E-state index is -3.44. The molecule has 0 saturated heterocycles. The highest BCUT2D eigenvalue weighted by molar-refractivity contribution is 7.91. The molecule has 128 valence electrons. The Kier molecular flexibility index (Phi) is 4.71. The average molecular weight is 347 g/mol. The van der Waals surface area contributed by atoms with Crippen molar-refractivity contribution in [3.05, 3.63) is 48.0 Å². The van der Waals surface area contributed by atoms with E-state index in [0.717, 1.165) is 18.7 Å². The Balaban J connectivity index is 1.79. The van der Waals surface area contributed by atoms with Gasteiger partial charge in [0, 0.05) is 31.4 Å². The molecule has 6 nitrogen and oxygen atoms in total. The Morgan fingerprint density at radius 2 is 2.17 bits per heavy atom. The number of amides is 1. The van der Waals surface area contributed by atoms with E-state index in [-0.39, 0.29) is 28.2 Å². The van der Waals surface area contributed by atoms with Crippen LogP contribution in [0.5, 0.6) is 0 Å². The molecule has 1 aliphatic heterocycles. The molecule has 0 bridgehead atoms. The van der Waals surface area contributed by atoms with Gasteiger partial charge in [0.2, 0.25) is 0 Å². The summed E-state index contributed by atoms with van der Waals surface area (Å²) in [6.07, 6.45) is 5.77. The van der Waals surface area contributed by atoms with Crippen molar-refractivity contribution in [2.24, 2.45) is 0 Å². The van der Waals surface area contributed by atoms with Crippen molar-refractivity contribution in [3.8, 4) is 0 Å². The van der Waals surface area contributed by atoms with Crippen molar-refractivity contribution in [2.75, 3.05) is 5.75 Å². The molecule has 2 heterocycles. The number of nitrogens with one attached hydrogen (secondary N) is 1. The summed E-state index contributed by atoms with van der Waals surface area (Å²) in [6, 6.07) is 6.39. The number of aryl methyl sites for hydroxylation is 1. The molecule has 0 fully saturated rings. The third-order valence-electron chi connectivity index (χ3n) is 4.21. The van der Waals surface area contributed by atoms with E-state index in [9.17, 15) is 13.2 Å². The Morgan fingerprint density at radius 3 is 2.96 bits per heavy atom. The molecule has 1 amide bonds. The quantitative estimate of drug-likeness (QED) is 0.894. The number of hydrogen-bond acceptors (Lipinski definition) is 4. The monoisotopic (exact) mass is 347 g/mol. The van der Waals surface area contributed by atoms with Crippen LogP contribution in [0.3, 0.4) is 0 Å². The molecular weight excluding hydrogens is 326 g/mol. The molecule has 1 atom stereocenters. The normalized spacial score (nSPS) is 17.3. The number of aromatic nitrogens is 2. The van der Waals surface area contributed by atoms with E-state index in [2.05, 4.69) is 10.3 Å². The number of nitrogens with zero attached hydrogens (tertiary/aromatic N) is 2. The fraction of sp³-hybridized carbons (Fsp3) is 0.412. The maximum absolute atomic E-state index is 12.6. The van der Waals surface area contributed by atoms with Crippen molar-refractivity contribution in [1.82, 2.24) is 14.9 Å². The van der Waals surface area contributed by atoms with Crippen LogP contribution in [-0.2, 0) is 22.8 Å². The van der Waals surface area contributed by atoms with Gasteiger partial charge in [-0.3, -0.25) is 4.79 Å². The smallest absolute Gasteiger partial charge is 0.252 e. The van der Waals surface area contributed by atoms with Gasteiger partial charge in [0.15, 0.2) is 9.84 Å². The lowest BCUT2D eigenvalue weighted by atomic mass is 10.1. The van der Waals surface area contributed by atoms with Crippen LogP contribution < -0.4 is 5.32 Å². The van der Waals surface area contributed by atoms with E-state index < -0.39 is 9.84 Å². The van der Waals surface area contributed by atoms with E-state index >= 15 is 0 Å². The van der Waals surface area contributed by atoms with Gasteiger partial charge in [-0.05, 0) is 25.0 Å². The summed E-state index contributed by atoms with van der Waals surface area (Å²) < 4.78 is 26.8. The van der Waals surface area contributed by atoms with Crippen LogP contribution in [0, 0.1) is 0 Å². The molecule has 1 unspecified atom stereocenters. The van der Waals surface area contributed by atoms with Gasteiger partial charge in [0.05, 0.1) is 16.2 Å². The van der Waals surface area contributed by atoms with E-state index in [1.807, 2.05) is 17.7 Å². The SMILES string of the molecule is CCCS(=O)(=O)c1ccccc1C(=O)NC1CCc2nccn2C1. The number of sulfone groups is 1. The summed E-state index contributed by atoms with van der Waals surface area (Å²) in [5.74, 6) is 0.726. The van der Waals surface area contributed by atoms with Crippen molar-refractivity contribution < 1.29 is 13.2 Å². The Labute approximate surface area is 141 Å². The van der Waals surface area contributed by atoms with Gasteiger partial charge in [0.1, 0.15) is 5.82 Å². The van der Waals surface area contributed by atoms with Crippen LogP contribution >= 0.6 is 0 Å². The molecule has 1 aliphatic rings. The maximum atomic E-state index is 12.6. The van der Waals surface area contributed by atoms with E-state index in [1.54, 1.807) is 24.4 Å². The minimum absolute atomic E-state index is 0.0267. The molecular formula is C17H21N3O3S. The molecule has 1 N–H and O–H groups in total. The second-order valence-electron chi connectivity index (χ2n) is 6.02. The summed E-state index contributed by atoms with van der Waals surface area (Å²) in [6.45, 7) is 2.47. The second-order valence-corrected chi connectivity index (χ2v) is 8.10. The third kappa shape index (κ3) is 3.36. The van der Waals surface area contributed by atoms with E-state index in [1.165, 1.54) is 6.07 Å². The maximum Gasteiger partial charge on any atom is 0.252 e. The highest BCUT2D eigenvalue weighted by Gasteiger charge is 2.25. The van der Waals surface area contributed by atoms with Crippen LogP contribution in [0.2, 0.25) is 0 Å². The minimum Gasteiger partial charge on any atom is -0.347 e. The molecule has 3 rings (SSSR count). The predicted octanol–water partition coefficient (Wildman–Crippen LogP) is 1.81. The summed E-state index contributed by atoms with van der Waals surface area (Å²) in [4.78, 5) is 17.0.